The van der Waals surface area contributed by atoms with Gasteiger partial charge in [0.1, 0.15) is 0 Å². The van der Waals surface area contributed by atoms with Crippen molar-refractivity contribution in [1.82, 2.24) is 0 Å². The maximum Gasteiger partial charge on any atom is 0.236 e. The van der Waals surface area contributed by atoms with Crippen LogP contribution in [0.3, 0.4) is 0 Å². The summed E-state index contributed by atoms with van der Waals surface area (Å²) in [5.74, 6) is 0.270. The lowest BCUT2D eigenvalue weighted by molar-refractivity contribution is -0.115. The smallest absolute Gasteiger partial charge is 0.236 e. The van der Waals surface area contributed by atoms with Crippen molar-refractivity contribution in [3.63, 3.8) is 0 Å². The monoisotopic (exact) mass is 288 g/mol. The summed E-state index contributed by atoms with van der Waals surface area (Å²) in [6, 6.07) is 13.9. The quantitative estimate of drug-likeness (QED) is 0.718. The Morgan fingerprint density at radius 2 is 1.84 bits per heavy atom. The van der Waals surface area contributed by atoms with Gasteiger partial charge in [0.05, 0.1) is 5.41 Å². The van der Waals surface area contributed by atoms with E-state index in [0.29, 0.717) is 5.02 Å². The lowest BCUT2D eigenvalue weighted by Crippen LogP contribution is -2.30. The molecule has 0 aliphatic heterocycles. The van der Waals surface area contributed by atoms with Crippen molar-refractivity contribution < 1.29 is 4.79 Å². The molecular weight excluding hydrogens is 279 g/mol. The van der Waals surface area contributed by atoms with Crippen molar-refractivity contribution in [2.45, 2.75) is 17.8 Å². The average molecular weight is 289 g/mol. The Labute approximate surface area is 121 Å². The summed E-state index contributed by atoms with van der Waals surface area (Å²) in [7, 11) is 0. The van der Waals surface area contributed by atoms with Gasteiger partial charge in [-0.25, -0.2) is 0 Å². The number of carbonyl (C=O) groups excluding carboxylic acids is 1. The van der Waals surface area contributed by atoms with Crippen molar-refractivity contribution >= 4 is 28.4 Å². The molecule has 0 unspecified atom stereocenters. The molecule has 0 saturated carbocycles. The van der Waals surface area contributed by atoms with Crippen molar-refractivity contribution in [3.8, 4) is 0 Å². The normalized spacial score (nSPS) is 26.1. The molecule has 2 aliphatic carbocycles. The summed E-state index contributed by atoms with van der Waals surface area (Å²) in [4.78, 5) is 12.2. The fraction of sp³-hybridized carbons (Fsp3) is 0.188. The highest BCUT2D eigenvalue weighted by atomic mass is 35.5. The number of fused-ring (bicyclic) bond motifs is 8. The van der Waals surface area contributed by atoms with E-state index in [1.54, 1.807) is 0 Å². The van der Waals surface area contributed by atoms with Crippen LogP contribution in [-0.2, 0) is 10.2 Å². The number of hydrogen-bond acceptors (Lipinski definition) is 1. The molecule has 0 amide bonds. The van der Waals surface area contributed by atoms with Crippen LogP contribution in [0.5, 0.6) is 0 Å². The molecule has 2 aliphatic rings. The second kappa shape index (κ2) is 3.62. The number of carbonyl (C=O) groups is 1. The van der Waals surface area contributed by atoms with Crippen molar-refractivity contribution in [3.05, 3.63) is 69.7 Å². The second-order valence-corrected chi connectivity index (χ2v) is 6.03. The summed E-state index contributed by atoms with van der Waals surface area (Å²) in [6.07, 6.45) is 0.740. The fourth-order valence-electron chi connectivity index (χ4n) is 3.74. The zero-order valence-corrected chi connectivity index (χ0v) is 11.5. The lowest BCUT2D eigenvalue weighted by Gasteiger charge is -2.27. The van der Waals surface area contributed by atoms with Gasteiger partial charge in [0.2, 0.25) is 5.24 Å². The largest absolute Gasteiger partial charge is 0.280 e. The van der Waals surface area contributed by atoms with Crippen LogP contribution in [0.4, 0.5) is 0 Å². The number of benzene rings is 2. The first-order valence-electron chi connectivity index (χ1n) is 6.24. The van der Waals surface area contributed by atoms with Gasteiger partial charge in [-0.05, 0) is 52.4 Å². The molecule has 0 saturated heterocycles. The van der Waals surface area contributed by atoms with E-state index in [4.69, 9.17) is 23.2 Å². The second-order valence-electron chi connectivity index (χ2n) is 5.25. The summed E-state index contributed by atoms with van der Waals surface area (Å²) < 4.78 is 0. The van der Waals surface area contributed by atoms with Crippen LogP contribution in [0.2, 0.25) is 5.02 Å². The van der Waals surface area contributed by atoms with E-state index >= 15 is 0 Å². The Morgan fingerprint density at radius 3 is 2.63 bits per heavy atom. The van der Waals surface area contributed by atoms with Crippen LogP contribution in [-0.4, -0.2) is 5.24 Å². The Morgan fingerprint density at radius 1 is 1.11 bits per heavy atom. The maximum atomic E-state index is 12.2. The molecule has 4 rings (SSSR count). The van der Waals surface area contributed by atoms with E-state index in [0.717, 1.165) is 17.5 Å². The minimum Gasteiger partial charge on any atom is -0.280 e. The first kappa shape index (κ1) is 11.5. The number of rotatable bonds is 1. The fourth-order valence-corrected chi connectivity index (χ4v) is 4.19. The zero-order chi connectivity index (χ0) is 13.2. The third-order valence-corrected chi connectivity index (χ3v) is 5.05. The van der Waals surface area contributed by atoms with Crippen LogP contribution in [0.25, 0.3) is 0 Å². The first-order valence-corrected chi connectivity index (χ1v) is 6.99. The summed E-state index contributed by atoms with van der Waals surface area (Å²) in [5, 5.41) is 0.351. The van der Waals surface area contributed by atoms with Gasteiger partial charge in [0.15, 0.2) is 0 Å². The van der Waals surface area contributed by atoms with E-state index in [-0.39, 0.29) is 11.2 Å². The van der Waals surface area contributed by atoms with Crippen LogP contribution < -0.4 is 0 Å². The van der Waals surface area contributed by atoms with Crippen LogP contribution >= 0.6 is 23.2 Å². The van der Waals surface area contributed by atoms with Gasteiger partial charge >= 0.3 is 0 Å². The van der Waals surface area contributed by atoms with Gasteiger partial charge in [0, 0.05) is 10.9 Å². The van der Waals surface area contributed by atoms with E-state index in [1.807, 2.05) is 36.4 Å². The minimum atomic E-state index is -0.691. The van der Waals surface area contributed by atoms with Crippen LogP contribution in [0.15, 0.2) is 42.5 Å². The highest BCUT2D eigenvalue weighted by Gasteiger charge is 2.56. The van der Waals surface area contributed by atoms with E-state index < -0.39 is 5.41 Å². The van der Waals surface area contributed by atoms with Crippen LogP contribution in [0, 0.1) is 0 Å². The summed E-state index contributed by atoms with van der Waals surface area (Å²) in [6.45, 7) is 0. The van der Waals surface area contributed by atoms with Gasteiger partial charge in [0.25, 0.3) is 0 Å². The Hall–Kier alpha value is -1.31. The number of hydrogen-bond donors (Lipinski definition) is 0. The molecule has 0 aromatic heterocycles. The van der Waals surface area contributed by atoms with E-state index in [2.05, 4.69) is 6.07 Å². The molecule has 94 valence electrons. The molecule has 0 N–H and O–H groups in total. The molecule has 0 radical (unpaired) electrons. The first-order chi connectivity index (χ1) is 9.14. The SMILES string of the molecule is O=C(Cl)[C@@]12C[C@@H](c3ccccc31)c1ccc(Cl)cc12. The Balaban J connectivity index is 2.10. The number of halogens is 2. The highest BCUT2D eigenvalue weighted by molar-refractivity contribution is 6.66. The summed E-state index contributed by atoms with van der Waals surface area (Å²) >= 11 is 12.1. The zero-order valence-electron chi connectivity index (χ0n) is 9.99. The molecule has 0 heterocycles. The third-order valence-electron chi connectivity index (χ3n) is 4.49. The van der Waals surface area contributed by atoms with E-state index in [1.165, 1.54) is 11.1 Å². The molecule has 2 bridgehead atoms. The van der Waals surface area contributed by atoms with E-state index in [9.17, 15) is 4.79 Å². The molecule has 19 heavy (non-hydrogen) atoms. The molecule has 0 spiro atoms. The molecule has 2 aromatic carbocycles. The molecule has 3 heteroatoms. The van der Waals surface area contributed by atoms with Gasteiger partial charge < -0.3 is 0 Å². The standard InChI is InChI=1S/C16H10Cl2O/c17-9-5-6-11-12-8-16(15(18)19,14(11)7-9)13-4-2-1-3-10(12)13/h1-7,12H,8H2/t12-,16-/m0/s1. The molecule has 0 fully saturated rings. The van der Waals surface area contributed by atoms with Crippen LogP contribution in [0.1, 0.15) is 34.6 Å². The predicted molar refractivity (Wildman–Crippen MR) is 76.0 cm³/mol. The predicted octanol–water partition coefficient (Wildman–Crippen LogP) is 4.24. The van der Waals surface area contributed by atoms with Crippen molar-refractivity contribution in [1.29, 1.82) is 0 Å². The lowest BCUT2D eigenvalue weighted by atomic mass is 9.76. The molecule has 2 atom stereocenters. The minimum absolute atomic E-state index is 0.270. The van der Waals surface area contributed by atoms with Gasteiger partial charge in [-0.15, -0.1) is 0 Å². The van der Waals surface area contributed by atoms with Crippen molar-refractivity contribution in [2.24, 2.45) is 0 Å². The molecule has 2 aromatic rings. The molecular formula is C16H10Cl2O. The van der Waals surface area contributed by atoms with Crippen molar-refractivity contribution in [2.75, 3.05) is 0 Å². The Kier molecular flexibility index (Phi) is 2.19. The van der Waals surface area contributed by atoms with Gasteiger partial charge in [-0.2, -0.15) is 0 Å². The van der Waals surface area contributed by atoms with Gasteiger partial charge in [-0.1, -0.05) is 41.9 Å². The summed E-state index contributed by atoms with van der Waals surface area (Å²) in [5.41, 5.74) is 3.77. The maximum absolute atomic E-state index is 12.2. The Bertz CT molecular complexity index is 722. The average Bonchev–Trinajstić information content (AvgIpc) is 2.92. The third kappa shape index (κ3) is 1.25. The van der Waals surface area contributed by atoms with Gasteiger partial charge in [-0.3, -0.25) is 4.79 Å². The molecule has 1 nitrogen and oxygen atoms in total. The topological polar surface area (TPSA) is 17.1 Å². The highest BCUT2D eigenvalue weighted by Crippen LogP contribution is 2.61.